The number of carbonyl (C=O) groups excluding carboxylic acids is 1. The van der Waals surface area contributed by atoms with E-state index in [1.807, 2.05) is 6.92 Å². The highest BCUT2D eigenvalue weighted by Gasteiger charge is 2.14. The lowest BCUT2D eigenvalue weighted by atomic mass is 9.99. The lowest BCUT2D eigenvalue weighted by Crippen LogP contribution is -2.07. The minimum absolute atomic E-state index is 0.0473. The Labute approximate surface area is 118 Å². The van der Waals surface area contributed by atoms with Crippen LogP contribution in [0.25, 0.3) is 0 Å². The van der Waals surface area contributed by atoms with Crippen LogP contribution >= 0.6 is 15.9 Å². The largest absolute Gasteiger partial charge is 0.294 e. The van der Waals surface area contributed by atoms with Gasteiger partial charge in [0.25, 0.3) is 0 Å². The molecule has 0 atom stereocenters. The molecule has 0 aliphatic rings. The highest BCUT2D eigenvalue weighted by Crippen LogP contribution is 2.22. The zero-order valence-electron chi connectivity index (χ0n) is 10.2. The summed E-state index contributed by atoms with van der Waals surface area (Å²) in [6.07, 6.45) is 0.0473. The number of carbonyl (C=O) groups is 1. The van der Waals surface area contributed by atoms with E-state index in [9.17, 15) is 13.6 Å². The second-order valence-corrected chi connectivity index (χ2v) is 5.07. The zero-order chi connectivity index (χ0) is 14.0. The lowest BCUT2D eigenvalue weighted by Gasteiger charge is -2.07. The molecular weight excluding hydrogens is 314 g/mol. The Hall–Kier alpha value is -1.55. The van der Waals surface area contributed by atoms with Crippen molar-refractivity contribution in [2.45, 2.75) is 13.3 Å². The van der Waals surface area contributed by atoms with Gasteiger partial charge in [-0.1, -0.05) is 18.2 Å². The maximum absolute atomic E-state index is 13.4. The SMILES string of the molecule is Cc1ccc(F)cc1CC(=O)c1cccc(F)c1Br. The van der Waals surface area contributed by atoms with Crippen molar-refractivity contribution in [2.24, 2.45) is 0 Å². The van der Waals surface area contributed by atoms with E-state index in [-0.39, 0.29) is 28.1 Å². The summed E-state index contributed by atoms with van der Waals surface area (Å²) < 4.78 is 26.7. The second-order valence-electron chi connectivity index (χ2n) is 4.27. The first-order valence-electron chi connectivity index (χ1n) is 5.71. The van der Waals surface area contributed by atoms with Gasteiger partial charge in [0, 0.05) is 12.0 Å². The molecule has 0 aliphatic heterocycles. The third-order valence-corrected chi connectivity index (χ3v) is 3.72. The highest BCUT2D eigenvalue weighted by molar-refractivity contribution is 9.10. The third-order valence-electron chi connectivity index (χ3n) is 2.91. The minimum Gasteiger partial charge on any atom is -0.294 e. The molecule has 0 aromatic heterocycles. The summed E-state index contributed by atoms with van der Waals surface area (Å²) >= 11 is 3.06. The number of aryl methyl sites for hydroxylation is 1. The molecule has 0 saturated heterocycles. The summed E-state index contributed by atoms with van der Waals surface area (Å²) in [5.41, 5.74) is 1.71. The van der Waals surface area contributed by atoms with Crippen LogP contribution in [-0.4, -0.2) is 5.78 Å². The maximum atomic E-state index is 13.4. The standard InChI is InChI=1S/C15H11BrF2O/c1-9-5-6-11(17)7-10(9)8-14(19)12-3-2-4-13(18)15(12)16/h2-7H,8H2,1H3. The number of rotatable bonds is 3. The predicted molar refractivity (Wildman–Crippen MR) is 73.3 cm³/mol. The number of ketones is 1. The highest BCUT2D eigenvalue weighted by atomic mass is 79.9. The quantitative estimate of drug-likeness (QED) is 0.762. The molecule has 0 fully saturated rings. The topological polar surface area (TPSA) is 17.1 Å². The van der Waals surface area contributed by atoms with E-state index in [0.29, 0.717) is 5.56 Å². The average molecular weight is 325 g/mol. The number of Topliss-reactive ketones (excluding diaryl/α,β-unsaturated/α-hetero) is 1. The van der Waals surface area contributed by atoms with Crippen molar-refractivity contribution in [3.05, 3.63) is 69.2 Å². The first-order chi connectivity index (χ1) is 8.99. The Balaban J connectivity index is 2.31. The Bertz CT molecular complexity index is 638. The van der Waals surface area contributed by atoms with Crippen LogP contribution in [0.3, 0.4) is 0 Å². The summed E-state index contributed by atoms with van der Waals surface area (Å²) in [7, 11) is 0. The molecule has 98 valence electrons. The van der Waals surface area contributed by atoms with Gasteiger partial charge in [-0.25, -0.2) is 8.78 Å². The van der Waals surface area contributed by atoms with E-state index < -0.39 is 5.82 Å². The molecular formula is C15H11BrF2O. The van der Waals surface area contributed by atoms with E-state index in [4.69, 9.17) is 0 Å². The zero-order valence-corrected chi connectivity index (χ0v) is 11.8. The fraction of sp³-hybridized carbons (Fsp3) is 0.133. The van der Waals surface area contributed by atoms with Gasteiger partial charge in [0.15, 0.2) is 5.78 Å². The van der Waals surface area contributed by atoms with E-state index in [2.05, 4.69) is 15.9 Å². The summed E-state index contributed by atoms with van der Waals surface area (Å²) in [4.78, 5) is 12.1. The van der Waals surface area contributed by atoms with Crippen LogP contribution < -0.4 is 0 Å². The van der Waals surface area contributed by atoms with E-state index >= 15 is 0 Å². The Morgan fingerprint density at radius 2 is 1.95 bits per heavy atom. The van der Waals surface area contributed by atoms with Crippen LogP contribution in [0.4, 0.5) is 8.78 Å². The number of hydrogen-bond donors (Lipinski definition) is 0. The summed E-state index contributed by atoms with van der Waals surface area (Å²) in [5, 5.41) is 0. The normalized spacial score (nSPS) is 10.5. The molecule has 0 heterocycles. The van der Waals surface area contributed by atoms with Crippen molar-refractivity contribution < 1.29 is 13.6 Å². The van der Waals surface area contributed by atoms with Crippen LogP contribution in [0, 0.1) is 18.6 Å². The molecule has 0 amide bonds. The first kappa shape index (κ1) is 13.9. The fourth-order valence-corrected chi connectivity index (χ4v) is 2.30. The maximum Gasteiger partial charge on any atom is 0.168 e. The van der Waals surface area contributed by atoms with Gasteiger partial charge in [-0.2, -0.15) is 0 Å². The Morgan fingerprint density at radius 3 is 2.68 bits per heavy atom. The molecule has 0 radical (unpaired) electrons. The Kier molecular flexibility index (Phi) is 4.10. The predicted octanol–water partition coefficient (Wildman–Crippen LogP) is 4.46. The molecule has 0 N–H and O–H groups in total. The van der Waals surface area contributed by atoms with E-state index in [0.717, 1.165) is 5.56 Å². The molecule has 1 nitrogen and oxygen atoms in total. The van der Waals surface area contributed by atoms with Gasteiger partial charge in [0.2, 0.25) is 0 Å². The van der Waals surface area contributed by atoms with Crippen molar-refractivity contribution in [1.29, 1.82) is 0 Å². The fourth-order valence-electron chi connectivity index (χ4n) is 1.82. The molecule has 0 saturated carbocycles. The van der Waals surface area contributed by atoms with Crippen molar-refractivity contribution >= 4 is 21.7 Å². The van der Waals surface area contributed by atoms with Gasteiger partial charge in [0.05, 0.1) is 4.47 Å². The molecule has 2 aromatic carbocycles. The summed E-state index contributed by atoms with van der Waals surface area (Å²) in [6, 6.07) is 8.60. The van der Waals surface area contributed by atoms with Crippen LogP contribution in [-0.2, 0) is 6.42 Å². The Morgan fingerprint density at radius 1 is 1.21 bits per heavy atom. The van der Waals surface area contributed by atoms with Crippen molar-refractivity contribution in [1.82, 2.24) is 0 Å². The second kappa shape index (κ2) is 5.61. The molecule has 0 spiro atoms. The molecule has 0 aliphatic carbocycles. The molecule has 0 unspecified atom stereocenters. The molecule has 4 heteroatoms. The number of halogens is 3. The lowest BCUT2D eigenvalue weighted by molar-refractivity contribution is 0.0991. The van der Waals surface area contributed by atoms with Crippen LogP contribution in [0.15, 0.2) is 40.9 Å². The summed E-state index contributed by atoms with van der Waals surface area (Å²) in [6.45, 7) is 1.81. The molecule has 2 rings (SSSR count). The van der Waals surface area contributed by atoms with Gasteiger partial charge >= 0.3 is 0 Å². The summed E-state index contributed by atoms with van der Waals surface area (Å²) in [5.74, 6) is -1.12. The molecule has 2 aromatic rings. The first-order valence-corrected chi connectivity index (χ1v) is 6.50. The number of benzene rings is 2. The van der Waals surface area contributed by atoms with Crippen LogP contribution in [0.2, 0.25) is 0 Å². The average Bonchev–Trinajstić information content (AvgIpc) is 2.37. The van der Waals surface area contributed by atoms with E-state index in [1.165, 1.54) is 24.3 Å². The van der Waals surface area contributed by atoms with Crippen LogP contribution in [0.5, 0.6) is 0 Å². The van der Waals surface area contributed by atoms with E-state index in [1.54, 1.807) is 12.1 Å². The van der Waals surface area contributed by atoms with Crippen molar-refractivity contribution in [2.75, 3.05) is 0 Å². The van der Waals surface area contributed by atoms with Gasteiger partial charge < -0.3 is 0 Å². The monoisotopic (exact) mass is 324 g/mol. The smallest absolute Gasteiger partial charge is 0.168 e. The number of hydrogen-bond acceptors (Lipinski definition) is 1. The minimum atomic E-state index is -0.484. The van der Waals surface area contributed by atoms with Crippen molar-refractivity contribution in [3.8, 4) is 0 Å². The van der Waals surface area contributed by atoms with Gasteiger partial charge in [-0.3, -0.25) is 4.79 Å². The van der Waals surface area contributed by atoms with Gasteiger partial charge in [-0.05, 0) is 52.2 Å². The third kappa shape index (κ3) is 3.07. The van der Waals surface area contributed by atoms with Gasteiger partial charge in [0.1, 0.15) is 11.6 Å². The van der Waals surface area contributed by atoms with Gasteiger partial charge in [-0.15, -0.1) is 0 Å². The molecule has 0 bridgehead atoms. The van der Waals surface area contributed by atoms with Crippen molar-refractivity contribution in [3.63, 3.8) is 0 Å². The molecule has 19 heavy (non-hydrogen) atoms. The van der Waals surface area contributed by atoms with Crippen LogP contribution in [0.1, 0.15) is 21.5 Å².